The summed E-state index contributed by atoms with van der Waals surface area (Å²) in [6.07, 6.45) is 5.37. The zero-order valence-electron chi connectivity index (χ0n) is 23.6. The van der Waals surface area contributed by atoms with Crippen LogP contribution in [0.15, 0.2) is 163 Å². The van der Waals surface area contributed by atoms with E-state index >= 15 is 0 Å². The van der Waals surface area contributed by atoms with Crippen molar-refractivity contribution >= 4 is 21.9 Å². The number of hydrogen-bond acceptors (Lipinski definition) is 4. The third-order valence-electron chi connectivity index (χ3n) is 6.55. The summed E-state index contributed by atoms with van der Waals surface area (Å²) in [4.78, 5) is 12.8. The van der Waals surface area contributed by atoms with Gasteiger partial charge in [0.25, 0.3) is 0 Å². The molecule has 5 heteroatoms. The first kappa shape index (κ1) is 30.2. The Labute approximate surface area is 270 Å². The van der Waals surface area contributed by atoms with Crippen LogP contribution in [-0.4, -0.2) is 15.0 Å². The Kier molecular flexibility index (Phi) is 10.5. The van der Waals surface area contributed by atoms with Gasteiger partial charge in [0.15, 0.2) is 0 Å². The number of pyridine rings is 3. The van der Waals surface area contributed by atoms with Crippen LogP contribution in [0.1, 0.15) is 0 Å². The predicted octanol–water partition coefficient (Wildman–Crippen LogP) is 9.54. The second kappa shape index (κ2) is 15.3. The van der Waals surface area contributed by atoms with E-state index < -0.39 is 0 Å². The molecule has 0 fully saturated rings. The topological polar surface area (TPSA) is 51.8 Å². The van der Waals surface area contributed by atoms with Gasteiger partial charge in [-0.1, -0.05) is 60.0 Å². The van der Waals surface area contributed by atoms with E-state index in [0.29, 0.717) is 0 Å². The van der Waals surface area contributed by atoms with E-state index in [0.717, 1.165) is 55.7 Å². The molecule has 8 aromatic rings. The van der Waals surface area contributed by atoms with Crippen LogP contribution in [0.2, 0.25) is 0 Å². The Morgan fingerprint density at radius 2 is 0.932 bits per heavy atom. The minimum atomic E-state index is 0. The van der Waals surface area contributed by atoms with E-state index in [-0.39, 0.29) is 20.1 Å². The molecule has 4 heterocycles. The number of aromatic nitrogens is 3. The summed E-state index contributed by atoms with van der Waals surface area (Å²) in [7, 11) is 0. The van der Waals surface area contributed by atoms with Crippen LogP contribution < -0.4 is 0 Å². The van der Waals surface area contributed by atoms with E-state index in [4.69, 9.17) is 4.42 Å². The monoisotopic (exact) mass is 745 g/mol. The number of nitrogens with zero attached hydrogens (tertiary/aromatic N) is 3. The van der Waals surface area contributed by atoms with E-state index in [1.165, 1.54) is 0 Å². The first-order valence-corrected chi connectivity index (χ1v) is 13.9. The van der Waals surface area contributed by atoms with Crippen molar-refractivity contribution in [2.75, 3.05) is 0 Å². The van der Waals surface area contributed by atoms with E-state index in [1.807, 2.05) is 127 Å². The van der Waals surface area contributed by atoms with E-state index in [1.54, 1.807) is 18.6 Å². The maximum atomic E-state index is 5.79. The van der Waals surface area contributed by atoms with Crippen molar-refractivity contribution in [3.63, 3.8) is 0 Å². The van der Waals surface area contributed by atoms with Gasteiger partial charge in [-0.25, -0.2) is 0 Å². The first-order chi connectivity index (χ1) is 21.3. The molecule has 0 bridgehead atoms. The molecule has 212 valence electrons. The second-order valence-electron chi connectivity index (χ2n) is 9.42. The van der Waals surface area contributed by atoms with Gasteiger partial charge in [0.05, 0.1) is 5.58 Å². The predicted molar refractivity (Wildman–Crippen MR) is 173 cm³/mol. The molecule has 0 aliphatic carbocycles. The van der Waals surface area contributed by atoms with Crippen molar-refractivity contribution in [2.45, 2.75) is 0 Å². The summed E-state index contributed by atoms with van der Waals surface area (Å²) in [6.45, 7) is 0. The molecule has 4 nitrogen and oxygen atoms in total. The zero-order chi connectivity index (χ0) is 29.1. The molecule has 0 N–H and O–H groups in total. The smallest absolute Gasteiger partial charge is 0.500 e. The Morgan fingerprint density at radius 1 is 0.432 bits per heavy atom. The molecule has 0 amide bonds. The van der Waals surface area contributed by atoms with Gasteiger partial charge in [-0.05, 0) is 41.3 Å². The number of benzene rings is 4. The van der Waals surface area contributed by atoms with Crippen LogP contribution in [0.3, 0.4) is 0 Å². The normalized spacial score (nSPS) is 10.1. The van der Waals surface area contributed by atoms with Crippen LogP contribution in [0.4, 0.5) is 0 Å². The number of rotatable bonds is 3. The average Bonchev–Trinajstić information content (AvgIpc) is 3.49. The van der Waals surface area contributed by atoms with Crippen molar-refractivity contribution in [1.29, 1.82) is 0 Å². The van der Waals surface area contributed by atoms with Crippen LogP contribution in [0, 0.1) is 18.2 Å². The fourth-order valence-corrected chi connectivity index (χ4v) is 4.49. The summed E-state index contributed by atoms with van der Waals surface area (Å²) in [5.74, 6) is 0. The fraction of sp³-hybridized carbons (Fsp3) is 0. The van der Waals surface area contributed by atoms with E-state index in [2.05, 4.69) is 45.3 Å². The molecule has 44 heavy (non-hydrogen) atoms. The minimum absolute atomic E-state index is 0. The molecule has 0 saturated carbocycles. The molecule has 0 aliphatic rings. The van der Waals surface area contributed by atoms with Crippen LogP contribution in [0.25, 0.3) is 55.7 Å². The molecule has 0 spiro atoms. The van der Waals surface area contributed by atoms with Crippen molar-refractivity contribution in [3.05, 3.63) is 176 Å². The van der Waals surface area contributed by atoms with Crippen LogP contribution in [-0.2, 0) is 20.1 Å². The van der Waals surface area contributed by atoms with E-state index in [9.17, 15) is 0 Å². The molecule has 4 aromatic heterocycles. The van der Waals surface area contributed by atoms with Gasteiger partial charge in [-0.3, -0.25) is 0 Å². The second-order valence-corrected chi connectivity index (χ2v) is 9.42. The summed E-state index contributed by atoms with van der Waals surface area (Å²) in [5, 5.41) is 2.23. The third kappa shape index (κ3) is 7.59. The Hall–Kier alpha value is -5.22. The van der Waals surface area contributed by atoms with Crippen molar-refractivity contribution in [1.82, 2.24) is 15.0 Å². The molecule has 4 aromatic carbocycles. The SMILES string of the molecule is [Ir+3].[c-]1cc2oc3ccccc3c2cc1-c1ccccn1.[c-]1ccccc1-c1ccccn1.[c-]1ccccc1-c1ccccn1. The maximum Gasteiger partial charge on any atom is 3.00 e. The van der Waals surface area contributed by atoms with Crippen LogP contribution in [0.5, 0.6) is 0 Å². The Balaban J connectivity index is 0.000000135. The van der Waals surface area contributed by atoms with Gasteiger partial charge in [-0.15, -0.1) is 95.6 Å². The first-order valence-electron chi connectivity index (χ1n) is 13.9. The van der Waals surface area contributed by atoms with Crippen molar-refractivity contribution in [3.8, 4) is 33.8 Å². The van der Waals surface area contributed by atoms with Gasteiger partial charge >= 0.3 is 20.1 Å². The number of fused-ring (bicyclic) bond motifs is 3. The average molecular weight is 745 g/mol. The molecular formula is C39H26IrN3O. The number of hydrogen-bond donors (Lipinski definition) is 0. The maximum absolute atomic E-state index is 5.79. The zero-order valence-corrected chi connectivity index (χ0v) is 26.0. The summed E-state index contributed by atoms with van der Waals surface area (Å²) in [6, 6.07) is 54.8. The summed E-state index contributed by atoms with van der Waals surface area (Å²) in [5.41, 5.74) is 7.70. The fourth-order valence-electron chi connectivity index (χ4n) is 4.49. The van der Waals surface area contributed by atoms with Crippen molar-refractivity contribution in [2.24, 2.45) is 0 Å². The Bertz CT molecular complexity index is 1850. The summed E-state index contributed by atoms with van der Waals surface area (Å²) < 4.78 is 5.79. The van der Waals surface area contributed by atoms with Crippen molar-refractivity contribution < 1.29 is 24.5 Å². The molecule has 8 rings (SSSR count). The third-order valence-corrected chi connectivity index (χ3v) is 6.55. The minimum Gasteiger partial charge on any atom is -0.500 e. The van der Waals surface area contributed by atoms with Gasteiger partial charge in [-0.2, -0.15) is 0 Å². The van der Waals surface area contributed by atoms with Gasteiger partial charge in [0.2, 0.25) is 0 Å². The Morgan fingerprint density at radius 3 is 1.43 bits per heavy atom. The number of para-hydroxylation sites is 1. The molecular weight excluding hydrogens is 719 g/mol. The largest absolute Gasteiger partial charge is 3.00 e. The summed E-state index contributed by atoms with van der Waals surface area (Å²) >= 11 is 0. The quantitative estimate of drug-likeness (QED) is 0.169. The van der Waals surface area contributed by atoms with Crippen LogP contribution >= 0.6 is 0 Å². The molecule has 0 aliphatic heterocycles. The molecule has 0 atom stereocenters. The molecule has 0 saturated heterocycles. The molecule has 0 radical (unpaired) electrons. The van der Waals surface area contributed by atoms with Gasteiger partial charge in [0.1, 0.15) is 5.58 Å². The molecule has 0 unspecified atom stereocenters. The van der Waals surface area contributed by atoms with Gasteiger partial charge in [0, 0.05) is 24.0 Å². The number of furan rings is 1. The van der Waals surface area contributed by atoms with Gasteiger partial charge < -0.3 is 19.4 Å². The standard InChI is InChI=1S/C17H10NO.2C11H8N.Ir/c1-2-7-16-13(5-1)14-11-12(8-9-17(14)19-16)15-6-3-4-10-18-15;2*1-2-6-10(7-3-1)11-8-4-5-9-12-11;/h1-7,9-11H;2*1-6,8-9H;/q3*-1;+3.